The molecule has 3 aromatic heterocycles. The van der Waals surface area contributed by atoms with Crippen molar-refractivity contribution in [2.24, 2.45) is 0 Å². The molecule has 0 fully saturated rings. The Labute approximate surface area is 149 Å². The summed E-state index contributed by atoms with van der Waals surface area (Å²) in [7, 11) is 0. The van der Waals surface area contributed by atoms with E-state index >= 15 is 0 Å². The minimum absolute atomic E-state index is 0.102. The second-order valence-electron chi connectivity index (χ2n) is 4.83. The minimum Gasteiger partial charge on any atom is -0.360 e. The van der Waals surface area contributed by atoms with E-state index in [0.717, 1.165) is 26.5 Å². The molecular weight excluding hydrogens is 362 g/mol. The van der Waals surface area contributed by atoms with Gasteiger partial charge in [0.05, 0.1) is 11.4 Å². The second-order valence-corrected chi connectivity index (χ2v) is 7.74. The van der Waals surface area contributed by atoms with Crippen LogP contribution in [0.2, 0.25) is 0 Å². The number of fused-ring (bicyclic) bond motifs is 1. The van der Waals surface area contributed by atoms with Crippen molar-refractivity contribution >= 4 is 56.4 Å². The van der Waals surface area contributed by atoms with Gasteiger partial charge in [-0.2, -0.15) is 0 Å². The Balaban J connectivity index is 1.45. The molecular formula is C15H11N5OS3. The fraction of sp³-hybridized carbons (Fsp3) is 0.0667. The van der Waals surface area contributed by atoms with Gasteiger partial charge in [0.2, 0.25) is 5.91 Å². The van der Waals surface area contributed by atoms with Crippen LogP contribution in [0.5, 0.6) is 0 Å². The molecule has 6 nitrogen and oxygen atoms in total. The van der Waals surface area contributed by atoms with E-state index in [-0.39, 0.29) is 11.7 Å². The smallest absolute Gasteiger partial charge is 0.236 e. The standard InChI is InChI=1S/C15H11N5OS3/c21-13(7-23-15-20-17-8-24-15)19-14-18-12(6-22-14)10-5-16-11-4-2-1-3-9(10)11/h1-6,8,16H,7H2,(H,18,19,21). The van der Waals surface area contributed by atoms with E-state index in [9.17, 15) is 4.79 Å². The summed E-state index contributed by atoms with van der Waals surface area (Å²) in [6.07, 6.45) is 1.94. The number of aromatic nitrogens is 4. The third-order valence-electron chi connectivity index (χ3n) is 3.28. The summed E-state index contributed by atoms with van der Waals surface area (Å²) in [5, 5.41) is 14.1. The zero-order valence-electron chi connectivity index (χ0n) is 12.2. The molecule has 3 heterocycles. The molecule has 0 unspecified atom stereocenters. The van der Waals surface area contributed by atoms with Crippen LogP contribution in [-0.4, -0.2) is 31.8 Å². The summed E-state index contributed by atoms with van der Waals surface area (Å²) in [5.41, 5.74) is 4.60. The molecule has 24 heavy (non-hydrogen) atoms. The first-order valence-corrected chi connectivity index (χ1v) is 9.75. The molecule has 0 radical (unpaired) electrons. The Hall–Kier alpha value is -2.23. The first-order chi connectivity index (χ1) is 11.8. The molecule has 0 aliphatic heterocycles. The molecule has 4 aromatic rings. The van der Waals surface area contributed by atoms with E-state index < -0.39 is 0 Å². The van der Waals surface area contributed by atoms with E-state index in [1.165, 1.54) is 34.4 Å². The third-order valence-corrected chi connectivity index (χ3v) is 5.90. The number of hydrogen-bond donors (Lipinski definition) is 2. The third kappa shape index (κ3) is 3.18. The molecule has 120 valence electrons. The summed E-state index contributed by atoms with van der Waals surface area (Å²) in [6, 6.07) is 8.07. The number of anilines is 1. The highest BCUT2D eigenvalue weighted by Crippen LogP contribution is 2.31. The van der Waals surface area contributed by atoms with E-state index in [1.807, 2.05) is 29.8 Å². The average molecular weight is 373 g/mol. The second kappa shape index (κ2) is 6.71. The van der Waals surface area contributed by atoms with Crippen molar-refractivity contribution in [1.82, 2.24) is 20.2 Å². The van der Waals surface area contributed by atoms with Gasteiger partial charge >= 0.3 is 0 Å². The number of nitrogens with zero attached hydrogens (tertiary/aromatic N) is 3. The predicted molar refractivity (Wildman–Crippen MR) is 98.7 cm³/mol. The molecule has 2 N–H and O–H groups in total. The fourth-order valence-corrected chi connectivity index (χ4v) is 4.26. The van der Waals surface area contributed by atoms with Gasteiger partial charge < -0.3 is 10.3 Å². The number of carbonyl (C=O) groups is 1. The average Bonchev–Trinajstić information content (AvgIpc) is 3.33. The summed E-state index contributed by atoms with van der Waals surface area (Å²) >= 11 is 4.20. The van der Waals surface area contributed by atoms with Crippen molar-refractivity contribution in [1.29, 1.82) is 0 Å². The Bertz CT molecular complexity index is 976. The lowest BCUT2D eigenvalue weighted by atomic mass is 10.1. The number of aromatic amines is 1. The van der Waals surface area contributed by atoms with Crippen LogP contribution in [0.3, 0.4) is 0 Å². The first-order valence-electron chi connectivity index (χ1n) is 7.00. The van der Waals surface area contributed by atoms with Crippen molar-refractivity contribution in [2.75, 3.05) is 11.1 Å². The van der Waals surface area contributed by atoms with Crippen LogP contribution >= 0.6 is 34.4 Å². The highest BCUT2D eigenvalue weighted by atomic mass is 32.2. The lowest BCUT2D eigenvalue weighted by molar-refractivity contribution is -0.113. The monoisotopic (exact) mass is 373 g/mol. The SMILES string of the molecule is O=C(CSc1nncs1)Nc1nc(-c2c[nH]c3ccccc23)cs1. The Morgan fingerprint density at radius 1 is 1.29 bits per heavy atom. The molecule has 0 spiro atoms. The van der Waals surface area contributed by atoms with Crippen LogP contribution in [0.4, 0.5) is 5.13 Å². The van der Waals surface area contributed by atoms with Crippen LogP contribution in [0.25, 0.3) is 22.2 Å². The van der Waals surface area contributed by atoms with Gasteiger partial charge in [-0.15, -0.1) is 21.5 Å². The molecule has 1 aromatic carbocycles. The molecule has 0 saturated carbocycles. The van der Waals surface area contributed by atoms with Crippen LogP contribution in [0.15, 0.2) is 45.7 Å². The van der Waals surface area contributed by atoms with Crippen LogP contribution in [-0.2, 0) is 4.79 Å². The van der Waals surface area contributed by atoms with Gasteiger partial charge in [0, 0.05) is 28.0 Å². The van der Waals surface area contributed by atoms with Crippen LogP contribution in [0, 0.1) is 0 Å². The number of amides is 1. The topological polar surface area (TPSA) is 83.6 Å². The van der Waals surface area contributed by atoms with Crippen LogP contribution < -0.4 is 5.32 Å². The van der Waals surface area contributed by atoms with Gasteiger partial charge in [-0.1, -0.05) is 41.3 Å². The molecule has 0 aliphatic carbocycles. The van der Waals surface area contributed by atoms with E-state index in [4.69, 9.17) is 0 Å². The Morgan fingerprint density at radius 2 is 2.21 bits per heavy atom. The van der Waals surface area contributed by atoms with Crippen molar-refractivity contribution in [3.05, 3.63) is 41.4 Å². The predicted octanol–water partition coefficient (Wildman–Crippen LogP) is 3.87. The number of para-hydroxylation sites is 1. The van der Waals surface area contributed by atoms with Crippen molar-refractivity contribution in [2.45, 2.75) is 4.34 Å². The van der Waals surface area contributed by atoms with E-state index in [1.54, 1.807) is 5.51 Å². The lowest BCUT2D eigenvalue weighted by Gasteiger charge is -1.99. The maximum absolute atomic E-state index is 12.0. The molecule has 4 rings (SSSR count). The van der Waals surface area contributed by atoms with Gasteiger partial charge in [-0.3, -0.25) is 4.79 Å². The lowest BCUT2D eigenvalue weighted by Crippen LogP contribution is -2.13. The van der Waals surface area contributed by atoms with Gasteiger partial charge in [0.1, 0.15) is 5.51 Å². The Kier molecular flexibility index (Phi) is 4.28. The number of thiazole rings is 1. The first kappa shape index (κ1) is 15.3. The maximum atomic E-state index is 12.0. The molecule has 0 saturated heterocycles. The van der Waals surface area contributed by atoms with Crippen molar-refractivity contribution in [3.8, 4) is 11.3 Å². The van der Waals surface area contributed by atoms with Crippen LogP contribution in [0.1, 0.15) is 0 Å². The quantitative estimate of drug-likeness (QED) is 0.519. The summed E-state index contributed by atoms with van der Waals surface area (Å²) in [4.78, 5) is 19.8. The molecule has 0 aliphatic rings. The highest BCUT2D eigenvalue weighted by Gasteiger charge is 2.12. The normalized spacial score (nSPS) is 11.0. The highest BCUT2D eigenvalue weighted by molar-refractivity contribution is 8.01. The van der Waals surface area contributed by atoms with Crippen molar-refractivity contribution in [3.63, 3.8) is 0 Å². The largest absolute Gasteiger partial charge is 0.360 e. The zero-order chi connectivity index (χ0) is 16.4. The molecule has 0 atom stereocenters. The number of thioether (sulfide) groups is 1. The minimum atomic E-state index is -0.102. The molecule has 9 heteroatoms. The van der Waals surface area contributed by atoms with Gasteiger partial charge in [0.15, 0.2) is 9.47 Å². The van der Waals surface area contributed by atoms with Gasteiger partial charge in [-0.05, 0) is 6.07 Å². The molecule has 0 bridgehead atoms. The maximum Gasteiger partial charge on any atom is 0.236 e. The number of benzene rings is 1. The molecule has 1 amide bonds. The number of H-pyrrole nitrogens is 1. The Morgan fingerprint density at radius 3 is 3.08 bits per heavy atom. The number of nitrogens with one attached hydrogen (secondary N) is 2. The van der Waals surface area contributed by atoms with Gasteiger partial charge in [-0.25, -0.2) is 4.98 Å². The number of carbonyl (C=O) groups excluding carboxylic acids is 1. The number of hydrogen-bond acceptors (Lipinski definition) is 7. The fourth-order valence-electron chi connectivity index (χ4n) is 2.25. The summed E-state index contributed by atoms with van der Waals surface area (Å²) in [5.74, 6) is 0.187. The van der Waals surface area contributed by atoms with E-state index in [0.29, 0.717) is 5.13 Å². The van der Waals surface area contributed by atoms with E-state index in [2.05, 4.69) is 31.5 Å². The summed E-state index contributed by atoms with van der Waals surface area (Å²) in [6.45, 7) is 0. The summed E-state index contributed by atoms with van der Waals surface area (Å²) < 4.78 is 0.781. The van der Waals surface area contributed by atoms with Crippen molar-refractivity contribution < 1.29 is 4.79 Å². The van der Waals surface area contributed by atoms with Gasteiger partial charge in [0.25, 0.3) is 0 Å². The number of rotatable bonds is 5. The zero-order valence-corrected chi connectivity index (χ0v) is 14.7.